The molecule has 4 atom stereocenters. The molecule has 0 aromatic rings. The second kappa shape index (κ2) is 3.73. The van der Waals surface area contributed by atoms with Crippen LogP contribution in [0.15, 0.2) is 5.16 Å². The van der Waals surface area contributed by atoms with Crippen LogP contribution in [0.3, 0.4) is 0 Å². The van der Waals surface area contributed by atoms with Crippen molar-refractivity contribution in [1.29, 1.82) is 0 Å². The first-order chi connectivity index (χ1) is 7.39. The van der Waals surface area contributed by atoms with E-state index in [-0.39, 0.29) is 0 Å². The van der Waals surface area contributed by atoms with E-state index < -0.39 is 0 Å². The number of nitrogens with zero attached hydrogens (tertiary/aromatic N) is 1. The number of rotatable bonds is 2. The monoisotopic (exact) mass is 225 g/mol. The van der Waals surface area contributed by atoms with Crippen molar-refractivity contribution in [2.75, 3.05) is 20.6 Å². The molecule has 2 saturated carbocycles. The summed E-state index contributed by atoms with van der Waals surface area (Å²) in [6.45, 7) is 8.17. The van der Waals surface area contributed by atoms with Crippen LogP contribution in [0.2, 0.25) is 0 Å². The normalized spacial score (nSPS) is 43.5. The Morgan fingerprint density at radius 2 is 2.06 bits per heavy atom. The second-order valence-corrected chi connectivity index (χ2v) is 6.60. The maximum atomic E-state index is 9.24. The molecule has 2 rings (SSSR count). The van der Waals surface area contributed by atoms with Gasteiger partial charge in [-0.1, -0.05) is 25.9 Å². The van der Waals surface area contributed by atoms with Gasteiger partial charge in [-0.15, -0.1) is 0 Å². The molecule has 2 aliphatic rings. The molecule has 0 radical (unpaired) electrons. The van der Waals surface area contributed by atoms with Crippen molar-refractivity contribution in [2.24, 2.45) is 34.2 Å². The summed E-state index contributed by atoms with van der Waals surface area (Å²) < 4.78 is 0. The Morgan fingerprint density at radius 1 is 1.44 bits per heavy atom. The molecule has 16 heavy (non-hydrogen) atoms. The van der Waals surface area contributed by atoms with Crippen LogP contribution < -0.4 is 4.90 Å². The molecule has 2 aliphatic carbocycles. The van der Waals surface area contributed by atoms with E-state index >= 15 is 0 Å². The zero-order chi connectivity index (χ0) is 12.1. The molecule has 92 valence electrons. The minimum absolute atomic E-state index is 0.402. The van der Waals surface area contributed by atoms with E-state index in [1.54, 1.807) is 0 Å². The Morgan fingerprint density at radius 3 is 2.56 bits per heavy atom. The number of fused-ring (bicyclic) bond motifs is 2. The van der Waals surface area contributed by atoms with Crippen LogP contribution in [-0.4, -0.2) is 31.6 Å². The van der Waals surface area contributed by atoms with Gasteiger partial charge in [0.1, 0.15) is 0 Å². The van der Waals surface area contributed by atoms with Crippen LogP contribution in [0.25, 0.3) is 0 Å². The van der Waals surface area contributed by atoms with Crippen molar-refractivity contribution in [1.82, 2.24) is 0 Å². The van der Waals surface area contributed by atoms with Gasteiger partial charge in [-0.05, 0) is 23.7 Å². The third kappa shape index (κ3) is 1.48. The molecule has 0 aromatic carbocycles. The molecule has 0 heterocycles. The van der Waals surface area contributed by atoms with Gasteiger partial charge in [-0.2, -0.15) is 0 Å². The van der Waals surface area contributed by atoms with Gasteiger partial charge in [0.25, 0.3) is 0 Å². The first kappa shape index (κ1) is 11.9. The van der Waals surface area contributed by atoms with Crippen molar-refractivity contribution in [3.63, 3.8) is 0 Å². The van der Waals surface area contributed by atoms with Gasteiger partial charge in [0.15, 0.2) is 0 Å². The summed E-state index contributed by atoms with van der Waals surface area (Å²) in [4.78, 5) is 1.45. The van der Waals surface area contributed by atoms with Crippen LogP contribution in [0.4, 0.5) is 0 Å². The number of quaternary nitrogens is 1. The first-order valence-electron chi connectivity index (χ1n) is 6.40. The zero-order valence-electron chi connectivity index (χ0n) is 11.1. The average Bonchev–Trinajstić information content (AvgIpc) is 2.63. The van der Waals surface area contributed by atoms with Gasteiger partial charge < -0.3 is 10.1 Å². The van der Waals surface area contributed by atoms with E-state index in [2.05, 4.69) is 40.0 Å². The van der Waals surface area contributed by atoms with E-state index in [9.17, 15) is 5.21 Å². The standard InChI is InChI=1S/C13H24N2O/c1-8-9-6-11(13(8,2)3)10(7-15(4)5)12(9)14-16/h8-11,16H,6-7H2,1-5H3/p+1/b14-12-/t8-,9+,10+,11-/m1/s1. The maximum absolute atomic E-state index is 9.24. The average molecular weight is 225 g/mol. The van der Waals surface area contributed by atoms with Crippen LogP contribution in [-0.2, 0) is 0 Å². The number of hydrogen-bond donors (Lipinski definition) is 2. The van der Waals surface area contributed by atoms with Gasteiger partial charge in [-0.3, -0.25) is 0 Å². The van der Waals surface area contributed by atoms with E-state index in [1.165, 1.54) is 11.3 Å². The van der Waals surface area contributed by atoms with Crippen molar-refractivity contribution in [2.45, 2.75) is 27.2 Å². The largest absolute Gasteiger partial charge is 0.411 e. The van der Waals surface area contributed by atoms with Gasteiger partial charge in [-0.25, -0.2) is 0 Å². The molecule has 0 spiro atoms. The van der Waals surface area contributed by atoms with E-state index in [0.29, 0.717) is 29.1 Å². The minimum atomic E-state index is 0.402. The highest BCUT2D eigenvalue weighted by atomic mass is 16.4. The minimum Gasteiger partial charge on any atom is -0.411 e. The summed E-state index contributed by atoms with van der Waals surface area (Å²) in [5.74, 6) is 2.37. The van der Waals surface area contributed by atoms with Crippen LogP contribution in [0.1, 0.15) is 27.2 Å². The molecule has 0 aromatic heterocycles. The Balaban J connectivity index is 2.27. The van der Waals surface area contributed by atoms with E-state index in [4.69, 9.17) is 0 Å². The summed E-state index contributed by atoms with van der Waals surface area (Å²) in [5.41, 5.74) is 1.48. The number of hydrogen-bond acceptors (Lipinski definition) is 2. The van der Waals surface area contributed by atoms with E-state index in [1.807, 2.05) is 0 Å². The molecule has 2 fully saturated rings. The highest BCUT2D eigenvalue weighted by Gasteiger charge is 2.59. The molecule has 0 unspecified atom stereocenters. The van der Waals surface area contributed by atoms with Crippen LogP contribution in [0.5, 0.6) is 0 Å². The topological polar surface area (TPSA) is 37.0 Å². The lowest BCUT2D eigenvalue weighted by Gasteiger charge is -2.40. The van der Waals surface area contributed by atoms with Crippen LogP contribution >= 0.6 is 0 Å². The summed E-state index contributed by atoms with van der Waals surface area (Å²) in [6.07, 6.45) is 1.23. The SMILES string of the molecule is C[C@@H]1[C@@H]2C[C@H]([C@H](C[NH+](C)C)/C2=N\O)C1(C)C. The Hall–Kier alpha value is -0.570. The van der Waals surface area contributed by atoms with Crippen molar-refractivity contribution < 1.29 is 10.1 Å². The fraction of sp³-hybridized carbons (Fsp3) is 0.923. The molecular formula is C13H25N2O+. The summed E-state index contributed by atoms with van der Waals surface area (Å²) in [6, 6.07) is 0. The predicted octanol–water partition coefficient (Wildman–Crippen LogP) is 0.889. The Kier molecular flexibility index (Phi) is 2.77. The number of oxime groups is 1. The quantitative estimate of drug-likeness (QED) is 0.531. The smallest absolute Gasteiger partial charge is 0.0852 e. The lowest BCUT2D eigenvalue weighted by Crippen LogP contribution is -3.06. The molecule has 2 N–H and O–H groups in total. The fourth-order valence-corrected chi connectivity index (χ4v) is 4.01. The molecule has 0 saturated heterocycles. The summed E-state index contributed by atoms with van der Waals surface area (Å²) >= 11 is 0. The maximum Gasteiger partial charge on any atom is 0.0852 e. The molecule has 0 aliphatic heterocycles. The molecule has 0 amide bonds. The molecule has 3 heteroatoms. The highest BCUT2D eigenvalue weighted by molar-refractivity contribution is 5.92. The van der Waals surface area contributed by atoms with Crippen molar-refractivity contribution in [3.05, 3.63) is 0 Å². The van der Waals surface area contributed by atoms with E-state index in [0.717, 1.165) is 12.3 Å². The first-order valence-corrected chi connectivity index (χ1v) is 6.40. The van der Waals surface area contributed by atoms with Gasteiger partial charge in [0.2, 0.25) is 0 Å². The lowest BCUT2D eigenvalue weighted by molar-refractivity contribution is -0.861. The third-order valence-electron chi connectivity index (χ3n) is 5.23. The fourth-order valence-electron chi connectivity index (χ4n) is 4.01. The van der Waals surface area contributed by atoms with Gasteiger partial charge in [0.05, 0.1) is 32.3 Å². The zero-order valence-corrected chi connectivity index (χ0v) is 11.1. The summed E-state index contributed by atoms with van der Waals surface area (Å²) in [5, 5.41) is 12.9. The lowest BCUT2D eigenvalue weighted by atomic mass is 9.64. The molecule has 2 bridgehead atoms. The molecular weight excluding hydrogens is 200 g/mol. The Labute approximate surface area is 98.5 Å². The Bertz CT molecular complexity index is 309. The predicted molar refractivity (Wildman–Crippen MR) is 64.9 cm³/mol. The van der Waals surface area contributed by atoms with Crippen molar-refractivity contribution >= 4 is 5.71 Å². The van der Waals surface area contributed by atoms with Gasteiger partial charge >= 0.3 is 0 Å². The van der Waals surface area contributed by atoms with Crippen molar-refractivity contribution in [3.8, 4) is 0 Å². The second-order valence-electron chi connectivity index (χ2n) is 6.60. The van der Waals surface area contributed by atoms with Gasteiger partial charge in [0, 0.05) is 5.92 Å². The number of nitrogens with one attached hydrogen (secondary N) is 1. The summed E-state index contributed by atoms with van der Waals surface area (Å²) in [7, 11) is 4.36. The highest BCUT2D eigenvalue weighted by Crippen LogP contribution is 2.59. The molecule has 3 nitrogen and oxygen atoms in total. The third-order valence-corrected chi connectivity index (χ3v) is 5.23. The van der Waals surface area contributed by atoms with Crippen LogP contribution in [0, 0.1) is 29.1 Å².